The van der Waals surface area contributed by atoms with Crippen LogP contribution in [0.3, 0.4) is 0 Å². The molecule has 1 aliphatic carbocycles. The fourth-order valence-electron chi connectivity index (χ4n) is 5.06. The summed E-state index contributed by atoms with van der Waals surface area (Å²) >= 11 is 8.17. The Bertz CT molecular complexity index is 1530. The molecule has 0 radical (unpaired) electrons. The summed E-state index contributed by atoms with van der Waals surface area (Å²) in [6.45, 7) is -0.0394. The van der Waals surface area contributed by atoms with E-state index in [1.54, 1.807) is 6.20 Å². The fourth-order valence-corrected chi connectivity index (χ4v) is 7.50. The van der Waals surface area contributed by atoms with E-state index in [-0.39, 0.29) is 17.7 Å². The average Bonchev–Trinajstić information content (AvgIpc) is 3.26. The van der Waals surface area contributed by atoms with Crippen molar-refractivity contribution in [2.75, 3.05) is 13.1 Å². The summed E-state index contributed by atoms with van der Waals surface area (Å²) < 4.78 is 55.4. The molecule has 6 rings (SSSR count). The predicted molar refractivity (Wildman–Crippen MR) is 143 cm³/mol. The summed E-state index contributed by atoms with van der Waals surface area (Å²) in [6, 6.07) is 5.14. The van der Waals surface area contributed by atoms with Gasteiger partial charge in [-0.2, -0.15) is 13.9 Å². The van der Waals surface area contributed by atoms with Crippen molar-refractivity contribution in [3.63, 3.8) is 0 Å². The van der Waals surface area contributed by atoms with E-state index >= 15 is 0 Å². The van der Waals surface area contributed by atoms with Gasteiger partial charge in [0.05, 0.1) is 11.4 Å². The summed E-state index contributed by atoms with van der Waals surface area (Å²) in [6.07, 6.45) is 6.37. The minimum Gasteiger partial charge on any atom is -0.327 e. The lowest BCUT2D eigenvalue weighted by atomic mass is 9.90. The van der Waals surface area contributed by atoms with E-state index in [1.165, 1.54) is 23.7 Å². The highest BCUT2D eigenvalue weighted by Crippen LogP contribution is 2.47. The number of allylic oxidation sites excluding steroid dienone is 1. The van der Waals surface area contributed by atoms with E-state index in [1.807, 2.05) is 35.4 Å². The molecule has 1 saturated heterocycles. The topological polar surface area (TPSA) is 92.5 Å². The zero-order valence-electron chi connectivity index (χ0n) is 20.4. The maximum Gasteiger partial charge on any atom is 0.333 e. The van der Waals surface area contributed by atoms with E-state index < -0.39 is 22.6 Å². The third kappa shape index (κ3) is 4.78. The normalized spacial score (nSPS) is 21.8. The number of hydrogen-bond acceptors (Lipinski definition) is 7. The van der Waals surface area contributed by atoms with Gasteiger partial charge in [-0.1, -0.05) is 23.7 Å². The van der Waals surface area contributed by atoms with Crippen LogP contribution in [-0.4, -0.2) is 52.3 Å². The SMILES string of the molecule is Cc1ccc([C@@H]2N=C(c3nccs3)N3CC(CNS(=O)(=O)C4CC4)CC3=C2c2cnn(C(F)F)c2)c(Cl)c1. The first kappa shape index (κ1) is 25.6. The summed E-state index contributed by atoms with van der Waals surface area (Å²) in [7, 11) is -3.34. The van der Waals surface area contributed by atoms with Gasteiger partial charge in [0.15, 0.2) is 10.8 Å². The van der Waals surface area contributed by atoms with Gasteiger partial charge in [-0.3, -0.25) is 4.99 Å². The second kappa shape index (κ2) is 9.82. The fraction of sp³-hybridized carbons (Fsp3) is 0.400. The maximum atomic E-state index is 13.5. The Kier molecular flexibility index (Phi) is 6.61. The number of thiazole rings is 1. The van der Waals surface area contributed by atoms with Crippen molar-refractivity contribution in [3.05, 3.63) is 74.6 Å². The highest BCUT2D eigenvalue weighted by molar-refractivity contribution is 7.90. The molecule has 1 N–H and O–H groups in total. The van der Waals surface area contributed by atoms with Gasteiger partial charge in [0.1, 0.15) is 6.04 Å². The largest absolute Gasteiger partial charge is 0.333 e. The van der Waals surface area contributed by atoms with E-state index in [9.17, 15) is 17.2 Å². The number of nitrogens with one attached hydrogen (secondary N) is 1. The van der Waals surface area contributed by atoms with Crippen LogP contribution in [0.5, 0.6) is 0 Å². The van der Waals surface area contributed by atoms with E-state index in [2.05, 4.69) is 14.8 Å². The van der Waals surface area contributed by atoms with Crippen LogP contribution in [-0.2, 0) is 10.0 Å². The van der Waals surface area contributed by atoms with Crippen molar-refractivity contribution in [1.29, 1.82) is 0 Å². The number of nitrogens with zero attached hydrogens (tertiary/aromatic N) is 5. The second-order valence-electron chi connectivity index (χ2n) is 9.84. The van der Waals surface area contributed by atoms with Gasteiger partial charge in [-0.15, -0.1) is 11.3 Å². The van der Waals surface area contributed by atoms with Crippen molar-refractivity contribution in [2.45, 2.75) is 44.0 Å². The molecule has 3 aliphatic rings. The number of fused-ring (bicyclic) bond motifs is 1. The van der Waals surface area contributed by atoms with Crippen molar-refractivity contribution < 1.29 is 17.2 Å². The van der Waals surface area contributed by atoms with Gasteiger partial charge < -0.3 is 4.90 Å². The van der Waals surface area contributed by atoms with Crippen molar-refractivity contribution in [2.24, 2.45) is 10.9 Å². The summed E-state index contributed by atoms with van der Waals surface area (Å²) in [4.78, 5) is 11.6. The molecule has 1 aromatic carbocycles. The summed E-state index contributed by atoms with van der Waals surface area (Å²) in [5.41, 5.74) is 3.87. The highest BCUT2D eigenvalue weighted by atomic mass is 35.5. The second-order valence-corrected chi connectivity index (χ2v) is 13.2. The standard InChI is InChI=1S/C25H25ClF2N6O2S2/c1-14-2-5-18(19(26)8-14)22-21(16-11-30-34(13-16)25(27)28)20-9-15(10-31-38(35,36)17-3-4-17)12-33(20)23(32-22)24-29-6-7-37-24/h2,5-8,11,13,15,17,22,25,31H,3-4,9-10,12H2,1H3/t15?,22-/m0/s1. The van der Waals surface area contributed by atoms with Crippen molar-refractivity contribution in [3.8, 4) is 0 Å². The van der Waals surface area contributed by atoms with Crippen LogP contribution in [0.25, 0.3) is 5.57 Å². The maximum absolute atomic E-state index is 13.5. The third-order valence-corrected chi connectivity index (χ3v) is 10.1. The minimum atomic E-state index is -3.34. The molecule has 3 aromatic rings. The van der Waals surface area contributed by atoms with Crippen LogP contribution in [0.1, 0.15) is 53.6 Å². The van der Waals surface area contributed by atoms with Crippen LogP contribution in [0.2, 0.25) is 5.02 Å². The number of benzene rings is 1. The molecule has 38 heavy (non-hydrogen) atoms. The first-order chi connectivity index (χ1) is 18.2. The molecule has 0 bridgehead atoms. The van der Waals surface area contributed by atoms with Gasteiger partial charge in [0, 0.05) is 52.7 Å². The molecular formula is C25H25ClF2N6O2S2. The Hall–Kier alpha value is -2.67. The molecule has 8 nitrogen and oxygen atoms in total. The van der Waals surface area contributed by atoms with Gasteiger partial charge in [-0.05, 0) is 49.3 Å². The predicted octanol–water partition coefficient (Wildman–Crippen LogP) is 5.01. The van der Waals surface area contributed by atoms with Crippen molar-refractivity contribution in [1.82, 2.24) is 24.4 Å². The van der Waals surface area contributed by atoms with Crippen molar-refractivity contribution >= 4 is 44.4 Å². The molecule has 0 spiro atoms. The number of alkyl halides is 2. The lowest BCUT2D eigenvalue weighted by Crippen LogP contribution is -2.36. The zero-order chi connectivity index (χ0) is 26.6. The Labute approximate surface area is 228 Å². The van der Waals surface area contributed by atoms with Gasteiger partial charge in [0.2, 0.25) is 10.0 Å². The number of halogens is 3. The number of aromatic nitrogens is 3. The van der Waals surface area contributed by atoms with Gasteiger partial charge >= 0.3 is 6.55 Å². The zero-order valence-corrected chi connectivity index (χ0v) is 22.8. The van der Waals surface area contributed by atoms with Crippen LogP contribution in [0, 0.1) is 12.8 Å². The lowest BCUT2D eigenvalue weighted by Gasteiger charge is -2.32. The number of sulfonamides is 1. The Morgan fingerprint density at radius 1 is 1.29 bits per heavy atom. The molecule has 200 valence electrons. The molecule has 4 heterocycles. The van der Waals surface area contributed by atoms with Crippen LogP contribution >= 0.6 is 22.9 Å². The number of rotatable bonds is 8. The molecule has 0 amide bonds. The summed E-state index contributed by atoms with van der Waals surface area (Å²) in [5.74, 6) is 0.616. The quantitative estimate of drug-likeness (QED) is 0.405. The molecule has 2 fully saturated rings. The third-order valence-electron chi connectivity index (χ3n) is 7.06. The first-order valence-electron chi connectivity index (χ1n) is 12.3. The minimum absolute atomic E-state index is 0.0453. The number of aryl methyl sites for hydroxylation is 1. The monoisotopic (exact) mass is 578 g/mol. The lowest BCUT2D eigenvalue weighted by molar-refractivity contribution is 0.0566. The number of hydrogen-bond donors (Lipinski definition) is 1. The molecule has 2 aromatic heterocycles. The number of aliphatic imine (C=N–C) groups is 1. The van der Waals surface area contributed by atoms with Gasteiger partial charge in [0.25, 0.3) is 0 Å². The van der Waals surface area contributed by atoms with E-state index in [0.717, 1.165) is 27.4 Å². The van der Waals surface area contributed by atoms with Crippen LogP contribution in [0.15, 0.2) is 52.9 Å². The van der Waals surface area contributed by atoms with Crippen LogP contribution in [0.4, 0.5) is 8.78 Å². The van der Waals surface area contributed by atoms with Gasteiger partial charge in [-0.25, -0.2) is 22.8 Å². The molecule has 1 saturated carbocycles. The summed E-state index contributed by atoms with van der Waals surface area (Å²) in [5, 5.41) is 6.69. The molecular weight excluding hydrogens is 554 g/mol. The average molecular weight is 579 g/mol. The smallest absolute Gasteiger partial charge is 0.327 e. The molecule has 1 unspecified atom stereocenters. The molecule has 2 atom stereocenters. The Morgan fingerprint density at radius 2 is 2.11 bits per heavy atom. The highest BCUT2D eigenvalue weighted by Gasteiger charge is 2.42. The van der Waals surface area contributed by atoms with E-state index in [0.29, 0.717) is 46.9 Å². The first-order valence-corrected chi connectivity index (χ1v) is 15.1. The van der Waals surface area contributed by atoms with E-state index in [4.69, 9.17) is 16.6 Å². The molecule has 2 aliphatic heterocycles. The number of amidine groups is 1. The van der Waals surface area contributed by atoms with Crippen LogP contribution < -0.4 is 4.72 Å². The Morgan fingerprint density at radius 3 is 2.76 bits per heavy atom. The Balaban J connectivity index is 1.46. The molecule has 13 heteroatoms.